The monoisotopic (exact) mass is 211 g/mol. The van der Waals surface area contributed by atoms with Crippen LogP contribution in [0.25, 0.3) is 10.1 Å². The number of hydrogen-bond donors (Lipinski definition) is 1. The topological polar surface area (TPSA) is 43.1 Å². The van der Waals surface area contributed by atoms with Gasteiger partial charge in [-0.2, -0.15) is 0 Å². The zero-order valence-electron chi connectivity index (χ0n) is 6.58. The van der Waals surface area contributed by atoms with E-state index in [1.807, 2.05) is 12.1 Å². The predicted octanol–water partition coefficient (Wildman–Crippen LogP) is 2.86. The first kappa shape index (κ1) is 8.53. The van der Waals surface area contributed by atoms with E-state index in [1.54, 1.807) is 12.1 Å². The molecule has 2 nitrogen and oxygen atoms in total. The molecule has 0 spiro atoms. The second-order valence-electron chi connectivity index (χ2n) is 2.68. The fraction of sp³-hybridized carbons (Fsp3) is 0. The molecule has 0 unspecified atom stereocenters. The normalized spacial score (nSPS) is 10.5. The van der Waals surface area contributed by atoms with Crippen molar-refractivity contribution in [2.75, 3.05) is 5.73 Å². The first-order valence-electron chi connectivity index (χ1n) is 3.66. The Labute approximate surface area is 83.9 Å². The third-order valence-corrected chi connectivity index (χ3v) is 3.16. The quantitative estimate of drug-likeness (QED) is 0.582. The molecule has 2 rings (SSSR count). The number of thiophene rings is 1. The van der Waals surface area contributed by atoms with Gasteiger partial charge >= 0.3 is 0 Å². The molecule has 4 heteroatoms. The van der Waals surface area contributed by atoms with Crippen LogP contribution in [0.15, 0.2) is 24.3 Å². The number of carbonyl (C=O) groups excluding carboxylic acids is 1. The predicted molar refractivity (Wildman–Crippen MR) is 56.4 cm³/mol. The minimum Gasteiger partial charge on any atom is -0.399 e. The first-order valence-corrected chi connectivity index (χ1v) is 4.85. The van der Waals surface area contributed by atoms with Crippen LogP contribution < -0.4 is 5.73 Å². The number of benzene rings is 1. The Morgan fingerprint density at radius 2 is 2.15 bits per heavy atom. The summed E-state index contributed by atoms with van der Waals surface area (Å²) < 4.78 is 1.03. The van der Waals surface area contributed by atoms with E-state index in [0.717, 1.165) is 10.1 Å². The number of rotatable bonds is 1. The van der Waals surface area contributed by atoms with Crippen molar-refractivity contribution in [2.45, 2.75) is 0 Å². The van der Waals surface area contributed by atoms with Gasteiger partial charge in [-0.25, -0.2) is 0 Å². The van der Waals surface area contributed by atoms with E-state index < -0.39 is 5.24 Å². The van der Waals surface area contributed by atoms with Crippen LogP contribution in [0.3, 0.4) is 0 Å². The summed E-state index contributed by atoms with van der Waals surface area (Å²) in [6, 6.07) is 7.28. The lowest BCUT2D eigenvalue weighted by Crippen LogP contribution is -1.81. The fourth-order valence-electron chi connectivity index (χ4n) is 1.16. The Bertz CT molecular complexity index is 477. The summed E-state index contributed by atoms with van der Waals surface area (Å²) in [4.78, 5) is 11.4. The molecule has 1 aromatic heterocycles. The van der Waals surface area contributed by atoms with E-state index in [4.69, 9.17) is 17.3 Å². The Hall–Kier alpha value is -1.06. The van der Waals surface area contributed by atoms with Gasteiger partial charge in [-0.1, -0.05) is 0 Å². The summed E-state index contributed by atoms with van der Waals surface area (Å²) >= 11 is 6.73. The van der Waals surface area contributed by atoms with Crippen molar-refractivity contribution >= 4 is 44.0 Å². The highest BCUT2D eigenvalue weighted by Crippen LogP contribution is 2.28. The SMILES string of the molecule is Nc1ccc2sc(C(=O)Cl)cc2c1. The zero-order valence-corrected chi connectivity index (χ0v) is 8.15. The third kappa shape index (κ3) is 1.53. The highest BCUT2D eigenvalue weighted by Gasteiger charge is 2.06. The maximum absolute atomic E-state index is 10.8. The van der Waals surface area contributed by atoms with Crippen LogP contribution >= 0.6 is 22.9 Å². The van der Waals surface area contributed by atoms with E-state index >= 15 is 0 Å². The minimum absolute atomic E-state index is 0.417. The van der Waals surface area contributed by atoms with Gasteiger partial charge in [0.1, 0.15) is 0 Å². The van der Waals surface area contributed by atoms with Crippen molar-refractivity contribution in [1.29, 1.82) is 0 Å². The van der Waals surface area contributed by atoms with Crippen LogP contribution in [0.1, 0.15) is 9.67 Å². The van der Waals surface area contributed by atoms with Gasteiger partial charge in [0.05, 0.1) is 4.88 Å². The van der Waals surface area contributed by atoms with E-state index in [9.17, 15) is 4.79 Å². The molecular formula is C9H6ClNOS. The van der Waals surface area contributed by atoms with Crippen molar-refractivity contribution < 1.29 is 4.79 Å². The summed E-state index contributed by atoms with van der Waals surface area (Å²) in [5, 5.41) is 0.550. The highest BCUT2D eigenvalue weighted by atomic mass is 35.5. The molecule has 0 aliphatic carbocycles. The Morgan fingerprint density at radius 3 is 2.85 bits per heavy atom. The molecular weight excluding hydrogens is 206 g/mol. The smallest absolute Gasteiger partial charge is 0.262 e. The number of fused-ring (bicyclic) bond motifs is 1. The Kier molecular flexibility index (Phi) is 1.98. The van der Waals surface area contributed by atoms with Crippen LogP contribution in [0.4, 0.5) is 5.69 Å². The van der Waals surface area contributed by atoms with Crippen molar-refractivity contribution in [2.24, 2.45) is 0 Å². The van der Waals surface area contributed by atoms with Crippen molar-refractivity contribution in [3.63, 3.8) is 0 Å². The number of carbonyl (C=O) groups is 1. The number of anilines is 1. The third-order valence-electron chi connectivity index (χ3n) is 1.73. The van der Waals surface area contributed by atoms with Crippen LogP contribution in [-0.2, 0) is 0 Å². The van der Waals surface area contributed by atoms with E-state index in [1.165, 1.54) is 11.3 Å². The maximum Gasteiger partial charge on any atom is 0.262 e. The van der Waals surface area contributed by atoms with Gasteiger partial charge in [0.25, 0.3) is 5.24 Å². The second-order valence-corrected chi connectivity index (χ2v) is 4.11. The molecule has 1 heterocycles. The molecule has 0 bridgehead atoms. The van der Waals surface area contributed by atoms with Gasteiger partial charge in [-0.3, -0.25) is 4.79 Å². The Balaban J connectivity index is 2.68. The van der Waals surface area contributed by atoms with E-state index in [0.29, 0.717) is 10.6 Å². The Morgan fingerprint density at radius 1 is 1.38 bits per heavy atom. The number of nitrogen functional groups attached to an aromatic ring is 1. The lowest BCUT2D eigenvalue weighted by atomic mass is 10.2. The number of nitrogens with two attached hydrogens (primary N) is 1. The minimum atomic E-state index is -0.417. The molecule has 0 radical (unpaired) electrons. The number of hydrogen-bond acceptors (Lipinski definition) is 3. The molecule has 0 amide bonds. The summed E-state index contributed by atoms with van der Waals surface area (Å²) in [5.74, 6) is 0. The van der Waals surface area contributed by atoms with Gasteiger partial charge in [0, 0.05) is 10.4 Å². The second kappa shape index (κ2) is 3.01. The molecule has 1 aromatic carbocycles. The maximum atomic E-state index is 10.8. The van der Waals surface area contributed by atoms with Crippen LogP contribution in [0.5, 0.6) is 0 Å². The van der Waals surface area contributed by atoms with Crippen molar-refractivity contribution in [1.82, 2.24) is 0 Å². The van der Waals surface area contributed by atoms with Crippen LogP contribution in [-0.4, -0.2) is 5.24 Å². The molecule has 0 fully saturated rings. The summed E-state index contributed by atoms with van der Waals surface area (Å²) in [6.07, 6.45) is 0. The average Bonchev–Trinajstić information content (AvgIpc) is 2.46. The summed E-state index contributed by atoms with van der Waals surface area (Å²) in [7, 11) is 0. The summed E-state index contributed by atoms with van der Waals surface area (Å²) in [6.45, 7) is 0. The van der Waals surface area contributed by atoms with E-state index in [-0.39, 0.29) is 0 Å². The molecule has 0 atom stereocenters. The van der Waals surface area contributed by atoms with Gasteiger partial charge in [-0.05, 0) is 41.3 Å². The lowest BCUT2D eigenvalue weighted by molar-refractivity contribution is 0.108. The molecule has 0 aliphatic rings. The molecule has 0 saturated heterocycles. The van der Waals surface area contributed by atoms with Crippen molar-refractivity contribution in [3.05, 3.63) is 29.1 Å². The largest absolute Gasteiger partial charge is 0.399 e. The average molecular weight is 212 g/mol. The molecule has 2 aromatic rings. The number of halogens is 1. The van der Waals surface area contributed by atoms with Crippen molar-refractivity contribution in [3.8, 4) is 0 Å². The summed E-state index contributed by atoms with van der Waals surface area (Å²) in [5.41, 5.74) is 6.29. The molecule has 0 aliphatic heterocycles. The van der Waals surface area contributed by atoms with Gasteiger partial charge in [-0.15, -0.1) is 11.3 Å². The van der Waals surface area contributed by atoms with Crippen LogP contribution in [0.2, 0.25) is 0 Å². The molecule has 2 N–H and O–H groups in total. The zero-order chi connectivity index (χ0) is 9.42. The molecule has 66 valence electrons. The first-order chi connectivity index (χ1) is 6.16. The molecule has 0 saturated carbocycles. The lowest BCUT2D eigenvalue weighted by Gasteiger charge is -1.90. The van der Waals surface area contributed by atoms with Gasteiger partial charge in [0.2, 0.25) is 0 Å². The molecule has 13 heavy (non-hydrogen) atoms. The standard InChI is InChI=1S/C9H6ClNOS/c10-9(12)8-4-5-3-6(11)1-2-7(5)13-8/h1-4H,11H2. The van der Waals surface area contributed by atoms with Gasteiger partial charge < -0.3 is 5.73 Å². The van der Waals surface area contributed by atoms with E-state index in [2.05, 4.69) is 0 Å². The highest BCUT2D eigenvalue weighted by molar-refractivity contribution is 7.22. The van der Waals surface area contributed by atoms with Crippen LogP contribution in [0, 0.1) is 0 Å². The fourth-order valence-corrected chi connectivity index (χ4v) is 2.20. The van der Waals surface area contributed by atoms with Gasteiger partial charge in [0.15, 0.2) is 0 Å².